The monoisotopic (exact) mass is 226 g/mol. The molecule has 0 aliphatic rings. The number of benzene rings is 1. The highest BCUT2D eigenvalue weighted by Crippen LogP contribution is 2.28. The van der Waals surface area contributed by atoms with Crippen LogP contribution in [0.25, 0.3) is 0 Å². The number of hydrogen-bond acceptors (Lipinski definition) is 3. The summed E-state index contributed by atoms with van der Waals surface area (Å²) in [6.07, 6.45) is 1.06. The quantitative estimate of drug-likeness (QED) is 0.759. The summed E-state index contributed by atoms with van der Waals surface area (Å²) < 4.78 is 18.6. The molecule has 0 bridgehead atoms. The SMILES string of the molecule is CCC(C)CNc1cc(OC)c(N)cc1F. The highest BCUT2D eigenvalue weighted by atomic mass is 19.1. The second-order valence-corrected chi connectivity index (χ2v) is 3.97. The topological polar surface area (TPSA) is 47.3 Å². The summed E-state index contributed by atoms with van der Waals surface area (Å²) in [4.78, 5) is 0. The van der Waals surface area contributed by atoms with E-state index in [-0.39, 0.29) is 5.82 Å². The van der Waals surface area contributed by atoms with Crippen LogP contribution in [0.5, 0.6) is 5.75 Å². The van der Waals surface area contributed by atoms with Gasteiger partial charge in [0, 0.05) is 18.7 Å². The van der Waals surface area contributed by atoms with Crippen LogP contribution in [0.3, 0.4) is 0 Å². The molecule has 16 heavy (non-hydrogen) atoms. The third kappa shape index (κ3) is 3.02. The molecule has 0 fully saturated rings. The fourth-order valence-electron chi connectivity index (χ4n) is 1.31. The van der Waals surface area contributed by atoms with Gasteiger partial charge in [-0.2, -0.15) is 0 Å². The first-order valence-corrected chi connectivity index (χ1v) is 5.45. The summed E-state index contributed by atoms with van der Waals surface area (Å²) in [5.74, 6) is 0.651. The van der Waals surface area contributed by atoms with Gasteiger partial charge in [0.25, 0.3) is 0 Å². The smallest absolute Gasteiger partial charge is 0.148 e. The second-order valence-electron chi connectivity index (χ2n) is 3.97. The van der Waals surface area contributed by atoms with Crippen LogP contribution in [0.15, 0.2) is 12.1 Å². The van der Waals surface area contributed by atoms with Gasteiger partial charge >= 0.3 is 0 Å². The van der Waals surface area contributed by atoms with E-state index in [0.717, 1.165) is 13.0 Å². The number of rotatable bonds is 5. The Morgan fingerprint density at radius 3 is 2.75 bits per heavy atom. The maximum atomic E-state index is 13.5. The van der Waals surface area contributed by atoms with Crippen molar-refractivity contribution < 1.29 is 9.13 Å². The Morgan fingerprint density at radius 1 is 1.50 bits per heavy atom. The Labute approximate surface area is 95.8 Å². The molecule has 0 aromatic heterocycles. The summed E-state index contributed by atoms with van der Waals surface area (Å²) in [7, 11) is 1.52. The number of halogens is 1. The predicted molar refractivity (Wildman–Crippen MR) is 65.3 cm³/mol. The van der Waals surface area contributed by atoms with E-state index < -0.39 is 0 Å². The van der Waals surface area contributed by atoms with Gasteiger partial charge in [-0.25, -0.2) is 4.39 Å². The zero-order chi connectivity index (χ0) is 12.1. The maximum absolute atomic E-state index is 13.5. The number of nitrogens with one attached hydrogen (secondary N) is 1. The molecule has 1 aromatic carbocycles. The van der Waals surface area contributed by atoms with E-state index in [4.69, 9.17) is 10.5 Å². The zero-order valence-electron chi connectivity index (χ0n) is 10.0. The maximum Gasteiger partial charge on any atom is 0.148 e. The average molecular weight is 226 g/mol. The van der Waals surface area contributed by atoms with Crippen molar-refractivity contribution in [1.82, 2.24) is 0 Å². The van der Waals surface area contributed by atoms with Crippen LogP contribution in [0.4, 0.5) is 15.8 Å². The fourth-order valence-corrected chi connectivity index (χ4v) is 1.31. The van der Waals surface area contributed by atoms with E-state index >= 15 is 0 Å². The molecule has 90 valence electrons. The van der Waals surface area contributed by atoms with Gasteiger partial charge in [0.05, 0.1) is 18.5 Å². The number of ether oxygens (including phenoxy) is 1. The molecule has 0 saturated carbocycles. The van der Waals surface area contributed by atoms with E-state index in [2.05, 4.69) is 19.2 Å². The Morgan fingerprint density at radius 2 is 2.19 bits per heavy atom. The van der Waals surface area contributed by atoms with Crippen molar-refractivity contribution in [2.24, 2.45) is 5.92 Å². The summed E-state index contributed by atoms with van der Waals surface area (Å²) in [6, 6.07) is 2.87. The average Bonchev–Trinajstić information content (AvgIpc) is 2.27. The van der Waals surface area contributed by atoms with Crippen LogP contribution >= 0.6 is 0 Å². The first-order valence-electron chi connectivity index (χ1n) is 5.45. The molecule has 3 nitrogen and oxygen atoms in total. The summed E-state index contributed by atoms with van der Waals surface area (Å²) in [5, 5.41) is 3.06. The van der Waals surface area contributed by atoms with Gasteiger partial charge in [0.1, 0.15) is 11.6 Å². The fraction of sp³-hybridized carbons (Fsp3) is 0.500. The summed E-state index contributed by atoms with van der Waals surface area (Å²) in [6.45, 7) is 4.95. The highest BCUT2D eigenvalue weighted by Gasteiger charge is 2.08. The number of hydrogen-bond donors (Lipinski definition) is 2. The molecule has 4 heteroatoms. The van der Waals surface area contributed by atoms with Crippen LogP contribution in [-0.4, -0.2) is 13.7 Å². The molecule has 1 aromatic rings. The molecule has 0 aliphatic heterocycles. The molecule has 0 aliphatic carbocycles. The molecule has 0 spiro atoms. The van der Waals surface area contributed by atoms with Crippen molar-refractivity contribution in [3.8, 4) is 5.75 Å². The van der Waals surface area contributed by atoms with Gasteiger partial charge in [-0.3, -0.25) is 0 Å². The molecular weight excluding hydrogens is 207 g/mol. The molecule has 0 heterocycles. The molecule has 0 radical (unpaired) electrons. The van der Waals surface area contributed by atoms with Gasteiger partial charge in [0.15, 0.2) is 0 Å². The molecule has 0 amide bonds. The summed E-state index contributed by atoms with van der Waals surface area (Å²) in [5.41, 5.74) is 6.34. The normalized spacial score (nSPS) is 12.2. The Bertz CT molecular complexity index is 355. The van der Waals surface area contributed by atoms with Gasteiger partial charge in [-0.15, -0.1) is 0 Å². The Balaban J connectivity index is 2.79. The molecule has 1 unspecified atom stereocenters. The van der Waals surface area contributed by atoms with Crippen LogP contribution in [-0.2, 0) is 0 Å². The van der Waals surface area contributed by atoms with E-state index in [1.54, 1.807) is 6.07 Å². The van der Waals surface area contributed by atoms with Crippen molar-refractivity contribution >= 4 is 11.4 Å². The minimum atomic E-state index is -0.346. The Kier molecular flexibility index (Phi) is 4.40. The molecule has 1 rings (SSSR count). The van der Waals surface area contributed by atoms with E-state index in [1.165, 1.54) is 13.2 Å². The third-order valence-corrected chi connectivity index (χ3v) is 2.66. The van der Waals surface area contributed by atoms with Crippen LogP contribution < -0.4 is 15.8 Å². The molecular formula is C12H19FN2O. The lowest BCUT2D eigenvalue weighted by atomic mass is 10.1. The second kappa shape index (κ2) is 5.58. The third-order valence-electron chi connectivity index (χ3n) is 2.66. The largest absolute Gasteiger partial charge is 0.495 e. The van der Waals surface area contributed by atoms with Crippen molar-refractivity contribution in [1.29, 1.82) is 0 Å². The predicted octanol–water partition coefficient (Wildman–Crippen LogP) is 2.87. The van der Waals surface area contributed by atoms with Gasteiger partial charge in [-0.05, 0) is 5.92 Å². The van der Waals surface area contributed by atoms with Gasteiger partial charge in [0.2, 0.25) is 0 Å². The highest BCUT2D eigenvalue weighted by molar-refractivity contribution is 5.62. The van der Waals surface area contributed by atoms with Crippen LogP contribution in [0, 0.1) is 11.7 Å². The van der Waals surface area contributed by atoms with Crippen molar-refractivity contribution in [2.75, 3.05) is 24.7 Å². The first-order chi connectivity index (χ1) is 7.58. The zero-order valence-corrected chi connectivity index (χ0v) is 10.0. The van der Waals surface area contributed by atoms with Crippen molar-refractivity contribution in [2.45, 2.75) is 20.3 Å². The van der Waals surface area contributed by atoms with Gasteiger partial charge < -0.3 is 15.8 Å². The Hall–Kier alpha value is -1.45. The lowest BCUT2D eigenvalue weighted by molar-refractivity contribution is 0.416. The van der Waals surface area contributed by atoms with E-state index in [0.29, 0.717) is 23.0 Å². The van der Waals surface area contributed by atoms with Crippen LogP contribution in [0.2, 0.25) is 0 Å². The van der Waals surface area contributed by atoms with Crippen molar-refractivity contribution in [3.05, 3.63) is 17.9 Å². The molecule has 3 N–H and O–H groups in total. The molecule has 1 atom stereocenters. The lowest BCUT2D eigenvalue weighted by Gasteiger charge is -2.14. The first kappa shape index (κ1) is 12.6. The lowest BCUT2D eigenvalue weighted by Crippen LogP contribution is -2.11. The van der Waals surface area contributed by atoms with E-state index in [9.17, 15) is 4.39 Å². The molecule has 0 saturated heterocycles. The number of nitrogen functional groups attached to an aromatic ring is 1. The van der Waals surface area contributed by atoms with Crippen molar-refractivity contribution in [3.63, 3.8) is 0 Å². The van der Waals surface area contributed by atoms with Crippen LogP contribution in [0.1, 0.15) is 20.3 Å². The standard InChI is InChI=1S/C12H19FN2O/c1-4-8(2)7-15-11-6-12(16-3)10(14)5-9(11)13/h5-6,8,15H,4,7,14H2,1-3H3. The van der Waals surface area contributed by atoms with Gasteiger partial charge in [-0.1, -0.05) is 20.3 Å². The number of methoxy groups -OCH3 is 1. The number of nitrogens with two attached hydrogens (primary N) is 1. The number of anilines is 2. The minimum Gasteiger partial charge on any atom is -0.495 e. The summed E-state index contributed by atoms with van der Waals surface area (Å²) >= 11 is 0. The minimum absolute atomic E-state index is 0.314. The van der Waals surface area contributed by atoms with E-state index in [1.807, 2.05) is 0 Å².